The quantitative estimate of drug-likeness (QED) is 0.568. The third-order valence-electron chi connectivity index (χ3n) is 3.71. The molecule has 0 aliphatic heterocycles. The number of thiazole rings is 1. The number of benzene rings is 2. The molecule has 0 spiro atoms. The number of carbonyl (C=O) groups excluding carboxylic acids is 1. The number of hydrogen-bond donors (Lipinski definition) is 1. The van der Waals surface area contributed by atoms with Crippen molar-refractivity contribution in [1.29, 1.82) is 0 Å². The standard InChI is InChI=1S/C17H15N3O3S/c1-11-12(5-4-7-14(11)20(22)23)17(21)18-10-9-16-19-13-6-2-3-8-15(13)24-16/h2-8H,9-10H2,1H3,(H,18,21). The number of para-hydroxylation sites is 1. The van der Waals surface area contributed by atoms with E-state index in [0.29, 0.717) is 24.1 Å². The van der Waals surface area contributed by atoms with Gasteiger partial charge in [-0.1, -0.05) is 18.2 Å². The fraction of sp³-hybridized carbons (Fsp3) is 0.176. The number of nitrogens with zero attached hydrogens (tertiary/aromatic N) is 2. The first kappa shape index (κ1) is 16.1. The maximum atomic E-state index is 12.3. The molecule has 1 aromatic heterocycles. The molecule has 0 aliphatic carbocycles. The van der Waals surface area contributed by atoms with Crippen LogP contribution >= 0.6 is 11.3 Å². The molecule has 0 saturated heterocycles. The van der Waals surface area contributed by atoms with Crippen molar-refractivity contribution in [3.05, 3.63) is 68.7 Å². The van der Waals surface area contributed by atoms with Crippen LogP contribution in [0.3, 0.4) is 0 Å². The minimum absolute atomic E-state index is 0.0474. The number of carbonyl (C=O) groups is 1. The molecule has 7 heteroatoms. The first-order valence-corrected chi connectivity index (χ1v) is 8.24. The Morgan fingerprint density at radius 3 is 2.79 bits per heavy atom. The molecule has 0 unspecified atom stereocenters. The van der Waals surface area contributed by atoms with Crippen molar-refractivity contribution < 1.29 is 9.72 Å². The molecule has 1 heterocycles. The maximum absolute atomic E-state index is 12.3. The van der Waals surface area contributed by atoms with Gasteiger partial charge in [-0.25, -0.2) is 4.98 Å². The van der Waals surface area contributed by atoms with E-state index in [9.17, 15) is 14.9 Å². The molecule has 2 aromatic carbocycles. The van der Waals surface area contributed by atoms with Crippen LogP contribution in [0.4, 0.5) is 5.69 Å². The van der Waals surface area contributed by atoms with Gasteiger partial charge in [0.25, 0.3) is 11.6 Å². The zero-order valence-electron chi connectivity index (χ0n) is 13.0. The topological polar surface area (TPSA) is 85.1 Å². The first-order valence-electron chi connectivity index (χ1n) is 7.43. The van der Waals surface area contributed by atoms with Crippen LogP contribution in [0.15, 0.2) is 42.5 Å². The minimum Gasteiger partial charge on any atom is -0.352 e. The highest BCUT2D eigenvalue weighted by Crippen LogP contribution is 2.22. The summed E-state index contributed by atoms with van der Waals surface area (Å²) in [7, 11) is 0. The molecule has 0 aliphatic rings. The van der Waals surface area contributed by atoms with Gasteiger partial charge in [0.05, 0.1) is 20.1 Å². The summed E-state index contributed by atoms with van der Waals surface area (Å²) in [6.07, 6.45) is 0.624. The average molecular weight is 341 g/mol. The number of fused-ring (bicyclic) bond motifs is 1. The van der Waals surface area contributed by atoms with Gasteiger partial charge in [-0.15, -0.1) is 11.3 Å². The van der Waals surface area contributed by atoms with Crippen molar-refractivity contribution in [2.75, 3.05) is 6.54 Å². The normalized spacial score (nSPS) is 10.7. The molecule has 0 atom stereocenters. The van der Waals surface area contributed by atoms with Crippen LogP contribution in [-0.4, -0.2) is 22.4 Å². The summed E-state index contributed by atoms with van der Waals surface area (Å²) in [6, 6.07) is 12.4. The van der Waals surface area contributed by atoms with E-state index in [0.717, 1.165) is 15.2 Å². The predicted octanol–water partition coefficient (Wildman–Crippen LogP) is 3.49. The average Bonchev–Trinajstić information content (AvgIpc) is 2.97. The monoisotopic (exact) mass is 341 g/mol. The van der Waals surface area contributed by atoms with Gasteiger partial charge in [-0.3, -0.25) is 14.9 Å². The molecule has 1 N–H and O–H groups in total. The molecule has 1 amide bonds. The SMILES string of the molecule is Cc1c(C(=O)NCCc2nc3ccccc3s2)cccc1[N+](=O)[O-]. The molecule has 24 heavy (non-hydrogen) atoms. The molecule has 0 saturated carbocycles. The van der Waals surface area contributed by atoms with Gasteiger partial charge in [0.1, 0.15) is 0 Å². The molecule has 3 rings (SSSR count). The van der Waals surface area contributed by atoms with Crippen LogP contribution < -0.4 is 5.32 Å². The lowest BCUT2D eigenvalue weighted by Crippen LogP contribution is -2.26. The summed E-state index contributed by atoms with van der Waals surface area (Å²) < 4.78 is 1.12. The summed E-state index contributed by atoms with van der Waals surface area (Å²) in [6.45, 7) is 2.02. The van der Waals surface area contributed by atoms with E-state index >= 15 is 0 Å². The van der Waals surface area contributed by atoms with Crippen LogP contribution in [0.5, 0.6) is 0 Å². The molecule has 0 radical (unpaired) electrons. The van der Waals surface area contributed by atoms with Crippen LogP contribution in [0.1, 0.15) is 20.9 Å². The Morgan fingerprint density at radius 2 is 2.04 bits per heavy atom. The molecule has 122 valence electrons. The van der Waals surface area contributed by atoms with Gasteiger partial charge in [0, 0.05) is 30.2 Å². The second-order valence-electron chi connectivity index (χ2n) is 5.29. The number of nitro benzene ring substituents is 1. The first-order chi connectivity index (χ1) is 11.6. The summed E-state index contributed by atoms with van der Waals surface area (Å²) in [5, 5.41) is 14.7. The summed E-state index contributed by atoms with van der Waals surface area (Å²) in [4.78, 5) is 27.2. The Kier molecular flexibility index (Phi) is 4.52. The van der Waals surface area contributed by atoms with Crippen LogP contribution in [0.25, 0.3) is 10.2 Å². The summed E-state index contributed by atoms with van der Waals surface area (Å²) >= 11 is 1.60. The number of nitro groups is 1. The summed E-state index contributed by atoms with van der Waals surface area (Å²) in [5.41, 5.74) is 1.61. The Balaban J connectivity index is 1.65. The highest BCUT2D eigenvalue weighted by molar-refractivity contribution is 7.18. The minimum atomic E-state index is -0.479. The van der Waals surface area contributed by atoms with Crippen molar-refractivity contribution in [3.63, 3.8) is 0 Å². The molecular formula is C17H15N3O3S. The van der Waals surface area contributed by atoms with Crippen LogP contribution in [-0.2, 0) is 6.42 Å². The van der Waals surface area contributed by atoms with Crippen LogP contribution in [0.2, 0.25) is 0 Å². The third-order valence-corrected chi connectivity index (χ3v) is 4.81. The van der Waals surface area contributed by atoms with Gasteiger partial charge in [-0.05, 0) is 25.1 Å². The molecular weight excluding hydrogens is 326 g/mol. The van der Waals surface area contributed by atoms with Crippen molar-refractivity contribution in [2.24, 2.45) is 0 Å². The molecule has 0 fully saturated rings. The zero-order chi connectivity index (χ0) is 17.1. The number of aromatic nitrogens is 1. The Hall–Kier alpha value is -2.80. The van der Waals surface area contributed by atoms with E-state index in [1.54, 1.807) is 24.3 Å². The highest BCUT2D eigenvalue weighted by atomic mass is 32.1. The molecule has 6 nitrogen and oxygen atoms in total. The van der Waals surface area contributed by atoms with Gasteiger partial charge in [0.2, 0.25) is 0 Å². The van der Waals surface area contributed by atoms with E-state index in [-0.39, 0.29) is 11.6 Å². The largest absolute Gasteiger partial charge is 0.352 e. The van der Waals surface area contributed by atoms with Crippen LogP contribution in [0, 0.1) is 17.0 Å². The number of nitrogens with one attached hydrogen (secondary N) is 1. The fourth-order valence-electron chi connectivity index (χ4n) is 2.47. The smallest absolute Gasteiger partial charge is 0.273 e. The van der Waals surface area contributed by atoms with Crippen molar-refractivity contribution in [2.45, 2.75) is 13.3 Å². The van der Waals surface area contributed by atoms with Crippen molar-refractivity contribution in [3.8, 4) is 0 Å². The Labute approximate surface area is 142 Å². The van der Waals surface area contributed by atoms with Gasteiger partial charge >= 0.3 is 0 Å². The lowest BCUT2D eigenvalue weighted by molar-refractivity contribution is -0.385. The van der Waals surface area contributed by atoms with E-state index in [1.807, 2.05) is 24.3 Å². The van der Waals surface area contributed by atoms with Crippen molar-refractivity contribution in [1.82, 2.24) is 10.3 Å². The highest BCUT2D eigenvalue weighted by Gasteiger charge is 2.17. The van der Waals surface area contributed by atoms with E-state index in [1.165, 1.54) is 12.1 Å². The lowest BCUT2D eigenvalue weighted by Gasteiger charge is -2.07. The molecule has 3 aromatic rings. The Bertz CT molecular complexity index is 887. The van der Waals surface area contributed by atoms with Gasteiger partial charge in [-0.2, -0.15) is 0 Å². The number of rotatable bonds is 5. The predicted molar refractivity (Wildman–Crippen MR) is 93.5 cm³/mol. The van der Waals surface area contributed by atoms with E-state index in [4.69, 9.17) is 0 Å². The van der Waals surface area contributed by atoms with Gasteiger partial charge < -0.3 is 5.32 Å². The van der Waals surface area contributed by atoms with E-state index in [2.05, 4.69) is 10.3 Å². The maximum Gasteiger partial charge on any atom is 0.273 e. The number of hydrogen-bond acceptors (Lipinski definition) is 5. The Morgan fingerprint density at radius 1 is 1.25 bits per heavy atom. The van der Waals surface area contributed by atoms with Gasteiger partial charge in [0.15, 0.2) is 0 Å². The second kappa shape index (κ2) is 6.76. The van der Waals surface area contributed by atoms with Crippen molar-refractivity contribution >= 4 is 33.1 Å². The lowest BCUT2D eigenvalue weighted by atomic mass is 10.1. The number of amides is 1. The molecule has 0 bridgehead atoms. The van der Waals surface area contributed by atoms with E-state index < -0.39 is 4.92 Å². The second-order valence-corrected chi connectivity index (χ2v) is 6.40. The fourth-order valence-corrected chi connectivity index (χ4v) is 3.44. The summed E-state index contributed by atoms with van der Waals surface area (Å²) in [5.74, 6) is -0.308. The third kappa shape index (κ3) is 3.26. The zero-order valence-corrected chi connectivity index (χ0v) is 13.8.